The third kappa shape index (κ3) is 3.30. The molecule has 1 aliphatic rings. The van der Waals surface area contributed by atoms with Crippen LogP contribution in [0, 0.1) is 11.7 Å². The predicted octanol–water partition coefficient (Wildman–Crippen LogP) is 2.78. The van der Waals surface area contributed by atoms with Crippen molar-refractivity contribution in [2.24, 2.45) is 5.92 Å². The molecule has 0 radical (unpaired) electrons. The van der Waals surface area contributed by atoms with Crippen LogP contribution in [0.4, 0.5) is 4.39 Å². The maximum absolute atomic E-state index is 14.3. The van der Waals surface area contributed by atoms with Gasteiger partial charge in [0.15, 0.2) is 11.6 Å². The lowest BCUT2D eigenvalue weighted by Gasteiger charge is -2.27. The van der Waals surface area contributed by atoms with Crippen molar-refractivity contribution in [3.63, 3.8) is 0 Å². The Labute approximate surface area is 120 Å². The van der Waals surface area contributed by atoms with Crippen molar-refractivity contribution in [1.29, 1.82) is 0 Å². The standard InChI is InChI=1S/C16H24FNO2/c1-4-18-14(13-8-9-20-11(13)2)10-12-6-5-7-15(19-3)16(12)17/h5-7,11,13-14,18H,4,8-10H2,1-3H3. The summed E-state index contributed by atoms with van der Waals surface area (Å²) in [4.78, 5) is 0. The molecule has 4 heteroatoms. The molecule has 0 bridgehead atoms. The molecule has 1 saturated heterocycles. The van der Waals surface area contributed by atoms with Gasteiger partial charge < -0.3 is 14.8 Å². The zero-order valence-corrected chi connectivity index (χ0v) is 12.5. The summed E-state index contributed by atoms with van der Waals surface area (Å²) in [6.07, 6.45) is 1.92. The fourth-order valence-corrected chi connectivity index (χ4v) is 3.02. The Morgan fingerprint density at radius 3 is 2.90 bits per heavy atom. The SMILES string of the molecule is CCNC(Cc1cccc(OC)c1F)C1CCOC1C. The average molecular weight is 281 g/mol. The molecule has 0 spiro atoms. The number of rotatable bonds is 6. The van der Waals surface area contributed by atoms with Crippen molar-refractivity contribution in [3.05, 3.63) is 29.6 Å². The first kappa shape index (κ1) is 15.3. The Balaban J connectivity index is 2.15. The van der Waals surface area contributed by atoms with E-state index in [1.165, 1.54) is 7.11 Å². The maximum atomic E-state index is 14.3. The summed E-state index contributed by atoms with van der Waals surface area (Å²) < 4.78 is 25.0. The second-order valence-electron chi connectivity index (χ2n) is 5.33. The summed E-state index contributed by atoms with van der Waals surface area (Å²) >= 11 is 0. The summed E-state index contributed by atoms with van der Waals surface area (Å²) in [6.45, 7) is 5.85. The smallest absolute Gasteiger partial charge is 0.168 e. The Morgan fingerprint density at radius 2 is 2.30 bits per heavy atom. The topological polar surface area (TPSA) is 30.5 Å². The van der Waals surface area contributed by atoms with Gasteiger partial charge in [0.2, 0.25) is 0 Å². The van der Waals surface area contributed by atoms with Crippen LogP contribution in [0.15, 0.2) is 18.2 Å². The van der Waals surface area contributed by atoms with E-state index >= 15 is 0 Å². The zero-order chi connectivity index (χ0) is 14.5. The van der Waals surface area contributed by atoms with Crippen LogP contribution in [0.25, 0.3) is 0 Å². The zero-order valence-electron chi connectivity index (χ0n) is 12.5. The van der Waals surface area contributed by atoms with Crippen LogP contribution in [0.2, 0.25) is 0 Å². The Morgan fingerprint density at radius 1 is 1.50 bits per heavy atom. The average Bonchev–Trinajstić information content (AvgIpc) is 2.86. The van der Waals surface area contributed by atoms with Gasteiger partial charge >= 0.3 is 0 Å². The van der Waals surface area contributed by atoms with Gasteiger partial charge in [0, 0.05) is 18.6 Å². The van der Waals surface area contributed by atoms with E-state index in [9.17, 15) is 4.39 Å². The van der Waals surface area contributed by atoms with E-state index in [-0.39, 0.29) is 18.0 Å². The fraction of sp³-hybridized carbons (Fsp3) is 0.625. The van der Waals surface area contributed by atoms with E-state index in [1.54, 1.807) is 6.07 Å². The van der Waals surface area contributed by atoms with Gasteiger partial charge in [-0.25, -0.2) is 4.39 Å². The van der Waals surface area contributed by atoms with Crippen LogP contribution < -0.4 is 10.1 Å². The highest BCUT2D eigenvalue weighted by molar-refractivity contribution is 5.31. The third-order valence-electron chi connectivity index (χ3n) is 4.12. The van der Waals surface area contributed by atoms with Crippen molar-refractivity contribution < 1.29 is 13.9 Å². The Bertz CT molecular complexity index is 438. The van der Waals surface area contributed by atoms with E-state index in [1.807, 2.05) is 12.1 Å². The molecule has 1 aromatic carbocycles. The Hall–Kier alpha value is -1.13. The molecular formula is C16H24FNO2. The lowest BCUT2D eigenvalue weighted by Crippen LogP contribution is -2.41. The van der Waals surface area contributed by atoms with E-state index in [0.717, 1.165) is 19.6 Å². The summed E-state index contributed by atoms with van der Waals surface area (Å²) in [5, 5.41) is 3.48. The lowest BCUT2D eigenvalue weighted by molar-refractivity contribution is 0.0954. The van der Waals surface area contributed by atoms with Crippen molar-refractivity contribution in [1.82, 2.24) is 5.32 Å². The lowest BCUT2D eigenvalue weighted by atomic mass is 9.88. The minimum Gasteiger partial charge on any atom is -0.494 e. The maximum Gasteiger partial charge on any atom is 0.168 e. The van der Waals surface area contributed by atoms with E-state index in [0.29, 0.717) is 23.7 Å². The molecule has 0 saturated carbocycles. The van der Waals surface area contributed by atoms with Crippen LogP contribution in [-0.2, 0) is 11.2 Å². The molecule has 1 aromatic rings. The molecule has 1 N–H and O–H groups in total. The molecule has 3 unspecified atom stereocenters. The number of methoxy groups -OCH3 is 1. The molecule has 1 fully saturated rings. The summed E-state index contributed by atoms with van der Waals surface area (Å²) in [5.74, 6) is 0.499. The predicted molar refractivity (Wildman–Crippen MR) is 77.6 cm³/mol. The van der Waals surface area contributed by atoms with Gasteiger partial charge in [0.05, 0.1) is 13.2 Å². The van der Waals surface area contributed by atoms with Gasteiger partial charge in [-0.3, -0.25) is 0 Å². The number of benzene rings is 1. The summed E-state index contributed by atoms with van der Waals surface area (Å²) in [7, 11) is 1.50. The number of halogens is 1. The van der Waals surface area contributed by atoms with E-state index in [4.69, 9.17) is 9.47 Å². The normalized spacial score (nSPS) is 23.8. The van der Waals surface area contributed by atoms with Gasteiger partial charge in [-0.1, -0.05) is 19.1 Å². The number of hydrogen-bond donors (Lipinski definition) is 1. The molecule has 1 aliphatic heterocycles. The van der Waals surface area contributed by atoms with Crippen LogP contribution in [-0.4, -0.2) is 32.4 Å². The quantitative estimate of drug-likeness (QED) is 0.869. The third-order valence-corrected chi connectivity index (χ3v) is 4.12. The van der Waals surface area contributed by atoms with Gasteiger partial charge in [-0.05, 0) is 37.9 Å². The first-order chi connectivity index (χ1) is 9.67. The minimum atomic E-state index is -0.246. The molecule has 3 nitrogen and oxygen atoms in total. The molecule has 0 amide bonds. The molecule has 1 heterocycles. The van der Waals surface area contributed by atoms with Crippen molar-refractivity contribution in [2.75, 3.05) is 20.3 Å². The first-order valence-electron chi connectivity index (χ1n) is 7.33. The molecular weight excluding hydrogens is 257 g/mol. The molecule has 20 heavy (non-hydrogen) atoms. The highest BCUT2D eigenvalue weighted by Crippen LogP contribution is 2.28. The largest absolute Gasteiger partial charge is 0.494 e. The highest BCUT2D eigenvalue weighted by Gasteiger charge is 2.32. The number of nitrogens with one attached hydrogen (secondary N) is 1. The van der Waals surface area contributed by atoms with E-state index < -0.39 is 0 Å². The number of likely N-dealkylation sites (N-methyl/N-ethyl adjacent to an activating group) is 1. The summed E-state index contributed by atoms with van der Waals surface area (Å²) in [6, 6.07) is 5.57. The fourth-order valence-electron chi connectivity index (χ4n) is 3.02. The van der Waals surface area contributed by atoms with Crippen LogP contribution >= 0.6 is 0 Å². The summed E-state index contributed by atoms with van der Waals surface area (Å²) in [5.41, 5.74) is 0.703. The molecule has 112 valence electrons. The van der Waals surface area contributed by atoms with Crippen molar-refractivity contribution in [3.8, 4) is 5.75 Å². The van der Waals surface area contributed by atoms with Crippen molar-refractivity contribution >= 4 is 0 Å². The van der Waals surface area contributed by atoms with Gasteiger partial charge in [-0.15, -0.1) is 0 Å². The van der Waals surface area contributed by atoms with Crippen LogP contribution in [0.5, 0.6) is 5.75 Å². The van der Waals surface area contributed by atoms with E-state index in [2.05, 4.69) is 19.2 Å². The van der Waals surface area contributed by atoms with Crippen LogP contribution in [0.1, 0.15) is 25.8 Å². The van der Waals surface area contributed by atoms with Gasteiger partial charge in [-0.2, -0.15) is 0 Å². The number of hydrogen-bond acceptors (Lipinski definition) is 3. The number of ether oxygens (including phenoxy) is 2. The van der Waals surface area contributed by atoms with Gasteiger partial charge in [0.25, 0.3) is 0 Å². The molecule has 0 aromatic heterocycles. The minimum absolute atomic E-state index is 0.229. The van der Waals surface area contributed by atoms with Gasteiger partial charge in [0.1, 0.15) is 0 Å². The van der Waals surface area contributed by atoms with Crippen LogP contribution in [0.3, 0.4) is 0 Å². The van der Waals surface area contributed by atoms with Crippen molar-refractivity contribution in [2.45, 2.75) is 38.8 Å². The first-order valence-corrected chi connectivity index (χ1v) is 7.33. The molecule has 3 atom stereocenters. The molecule has 2 rings (SSSR count). The Kier molecular flexibility index (Phi) is 5.38. The highest BCUT2D eigenvalue weighted by atomic mass is 19.1. The monoisotopic (exact) mass is 281 g/mol. The molecule has 0 aliphatic carbocycles. The second kappa shape index (κ2) is 7.04. The second-order valence-corrected chi connectivity index (χ2v) is 5.33.